The quantitative estimate of drug-likeness (QED) is 0.304. The molecule has 0 aromatic carbocycles. The van der Waals surface area contributed by atoms with E-state index in [9.17, 15) is 0 Å². The van der Waals surface area contributed by atoms with Crippen LogP contribution in [0.5, 0.6) is 0 Å². The summed E-state index contributed by atoms with van der Waals surface area (Å²) < 4.78 is 0. The molecule has 0 atom stereocenters. The molecule has 2 aliphatic rings. The lowest BCUT2D eigenvalue weighted by Gasteiger charge is -2.34. The van der Waals surface area contributed by atoms with Gasteiger partial charge in [-0.3, -0.25) is 4.99 Å². The fourth-order valence-electron chi connectivity index (χ4n) is 4.04. The minimum Gasteiger partial charge on any atom is -0.357 e. The summed E-state index contributed by atoms with van der Waals surface area (Å²) in [5.74, 6) is 1.71. The van der Waals surface area contributed by atoms with E-state index >= 15 is 0 Å². The average Bonchev–Trinajstić information content (AvgIpc) is 3.34. The van der Waals surface area contributed by atoms with Crippen molar-refractivity contribution in [3.63, 3.8) is 0 Å². The molecule has 3 heterocycles. The molecule has 2 saturated heterocycles. The molecule has 0 radical (unpaired) electrons. The highest BCUT2D eigenvalue weighted by Gasteiger charge is 2.20. The van der Waals surface area contributed by atoms with Gasteiger partial charge < -0.3 is 20.4 Å². The van der Waals surface area contributed by atoms with Crippen LogP contribution < -0.4 is 15.5 Å². The SMILES string of the molecule is CCNC(=NCCc1csc(N2CCCC2)n1)NC1CCN(CC(C)C)CC1.I. The Morgan fingerprint density at radius 1 is 1.24 bits per heavy atom. The van der Waals surface area contributed by atoms with Crippen molar-refractivity contribution < 1.29 is 0 Å². The van der Waals surface area contributed by atoms with Crippen molar-refractivity contribution in [1.29, 1.82) is 0 Å². The number of guanidine groups is 1. The molecule has 0 unspecified atom stereocenters. The van der Waals surface area contributed by atoms with E-state index in [0.717, 1.165) is 44.5 Å². The van der Waals surface area contributed by atoms with Crippen LogP contribution in [0.15, 0.2) is 10.4 Å². The predicted octanol–water partition coefficient (Wildman–Crippen LogP) is 3.58. The minimum atomic E-state index is 0. The van der Waals surface area contributed by atoms with E-state index in [4.69, 9.17) is 9.98 Å². The summed E-state index contributed by atoms with van der Waals surface area (Å²) in [5.41, 5.74) is 1.17. The van der Waals surface area contributed by atoms with Gasteiger partial charge in [0.25, 0.3) is 0 Å². The van der Waals surface area contributed by atoms with E-state index in [1.807, 2.05) is 0 Å². The summed E-state index contributed by atoms with van der Waals surface area (Å²) in [5, 5.41) is 10.5. The Labute approximate surface area is 198 Å². The third-order valence-corrected chi connectivity index (χ3v) is 6.40. The zero-order chi connectivity index (χ0) is 19.8. The molecule has 166 valence electrons. The molecule has 3 rings (SSSR count). The number of rotatable bonds is 8. The highest BCUT2D eigenvalue weighted by atomic mass is 127. The zero-order valence-electron chi connectivity index (χ0n) is 18.3. The first-order chi connectivity index (χ1) is 13.6. The van der Waals surface area contributed by atoms with E-state index in [-0.39, 0.29) is 24.0 Å². The van der Waals surface area contributed by atoms with Gasteiger partial charge in [-0.05, 0) is 38.5 Å². The van der Waals surface area contributed by atoms with E-state index in [0.29, 0.717) is 6.04 Å². The van der Waals surface area contributed by atoms with Crippen LogP contribution in [-0.2, 0) is 6.42 Å². The van der Waals surface area contributed by atoms with Crippen LogP contribution in [-0.4, -0.2) is 67.7 Å². The number of aromatic nitrogens is 1. The van der Waals surface area contributed by atoms with Gasteiger partial charge in [-0.15, -0.1) is 35.3 Å². The number of hydrogen-bond donors (Lipinski definition) is 2. The molecule has 0 bridgehead atoms. The molecule has 0 saturated carbocycles. The number of halogens is 1. The highest BCUT2D eigenvalue weighted by Crippen LogP contribution is 2.24. The topological polar surface area (TPSA) is 55.8 Å². The molecule has 2 fully saturated rings. The molecule has 1 aromatic heterocycles. The molecule has 6 nitrogen and oxygen atoms in total. The molecule has 1 aromatic rings. The highest BCUT2D eigenvalue weighted by molar-refractivity contribution is 14.0. The maximum atomic E-state index is 4.81. The van der Waals surface area contributed by atoms with Crippen molar-refractivity contribution in [3.8, 4) is 0 Å². The summed E-state index contributed by atoms with van der Waals surface area (Å²) in [4.78, 5) is 14.6. The Hall–Kier alpha value is -0.610. The van der Waals surface area contributed by atoms with Crippen LogP contribution in [0.4, 0.5) is 5.13 Å². The lowest BCUT2D eigenvalue weighted by molar-refractivity contribution is 0.187. The lowest BCUT2D eigenvalue weighted by Crippen LogP contribution is -2.49. The molecule has 2 N–H and O–H groups in total. The van der Waals surface area contributed by atoms with Gasteiger partial charge in [0.05, 0.1) is 5.69 Å². The summed E-state index contributed by atoms with van der Waals surface area (Å²) >= 11 is 1.78. The Balaban J connectivity index is 0.00000300. The lowest BCUT2D eigenvalue weighted by atomic mass is 10.0. The Morgan fingerprint density at radius 2 is 1.97 bits per heavy atom. The first kappa shape index (κ1) is 24.7. The molecule has 29 heavy (non-hydrogen) atoms. The first-order valence-electron chi connectivity index (χ1n) is 11.1. The number of nitrogens with zero attached hydrogens (tertiary/aromatic N) is 4. The van der Waals surface area contributed by atoms with Crippen LogP contribution in [0.3, 0.4) is 0 Å². The first-order valence-corrected chi connectivity index (χ1v) is 12.0. The number of anilines is 1. The molecule has 0 spiro atoms. The van der Waals surface area contributed by atoms with Gasteiger partial charge in [-0.2, -0.15) is 0 Å². The Morgan fingerprint density at radius 3 is 2.62 bits per heavy atom. The maximum Gasteiger partial charge on any atom is 0.191 e. The second-order valence-corrected chi connectivity index (χ2v) is 9.28. The average molecular weight is 535 g/mol. The molecule has 8 heteroatoms. The van der Waals surface area contributed by atoms with Gasteiger partial charge in [0.1, 0.15) is 0 Å². The van der Waals surface area contributed by atoms with Gasteiger partial charge in [0.15, 0.2) is 11.1 Å². The fourth-order valence-corrected chi connectivity index (χ4v) is 4.95. The van der Waals surface area contributed by atoms with Gasteiger partial charge >= 0.3 is 0 Å². The van der Waals surface area contributed by atoms with E-state index in [1.165, 1.54) is 56.1 Å². The van der Waals surface area contributed by atoms with Crippen LogP contribution >= 0.6 is 35.3 Å². The third-order valence-electron chi connectivity index (χ3n) is 5.45. The summed E-state index contributed by atoms with van der Waals surface area (Å²) in [6.07, 6.45) is 5.90. The zero-order valence-corrected chi connectivity index (χ0v) is 21.5. The van der Waals surface area contributed by atoms with Crippen molar-refractivity contribution in [2.75, 3.05) is 50.7 Å². The summed E-state index contributed by atoms with van der Waals surface area (Å²) in [7, 11) is 0. The molecule has 0 amide bonds. The van der Waals surface area contributed by atoms with Crippen LogP contribution in [0.2, 0.25) is 0 Å². The number of nitrogens with one attached hydrogen (secondary N) is 2. The van der Waals surface area contributed by atoms with Gasteiger partial charge in [0.2, 0.25) is 0 Å². The number of likely N-dealkylation sites (tertiary alicyclic amines) is 1. The maximum absolute atomic E-state index is 4.81. The van der Waals surface area contributed by atoms with E-state index < -0.39 is 0 Å². The number of piperidine rings is 1. The smallest absolute Gasteiger partial charge is 0.191 e. The normalized spacial score (nSPS) is 18.9. The summed E-state index contributed by atoms with van der Waals surface area (Å²) in [6, 6.07) is 0.530. The standard InChI is InChI=1S/C21H38N6S.HI/c1-4-22-20(24-18-8-13-26(14-9-18)15-17(2)3)23-10-7-19-16-28-21(25-19)27-11-5-6-12-27;/h16-18H,4-15H2,1-3H3,(H2,22,23,24);1H. The van der Waals surface area contributed by atoms with Gasteiger partial charge in [-0.1, -0.05) is 13.8 Å². The van der Waals surface area contributed by atoms with Crippen molar-refractivity contribution in [2.45, 2.75) is 58.9 Å². The molecular formula is C21H39IN6S. The van der Waals surface area contributed by atoms with Gasteiger partial charge in [-0.25, -0.2) is 4.98 Å². The molecule has 2 aliphatic heterocycles. The fraction of sp³-hybridized carbons (Fsp3) is 0.810. The van der Waals surface area contributed by atoms with Crippen molar-refractivity contribution in [1.82, 2.24) is 20.5 Å². The number of hydrogen-bond acceptors (Lipinski definition) is 5. The molecular weight excluding hydrogens is 495 g/mol. The predicted molar refractivity (Wildman–Crippen MR) is 136 cm³/mol. The van der Waals surface area contributed by atoms with Crippen molar-refractivity contribution >= 4 is 46.4 Å². The van der Waals surface area contributed by atoms with Crippen LogP contribution in [0.1, 0.15) is 52.1 Å². The second kappa shape index (κ2) is 12.9. The number of thiazole rings is 1. The van der Waals surface area contributed by atoms with Crippen molar-refractivity contribution in [2.24, 2.45) is 10.9 Å². The minimum absolute atomic E-state index is 0. The summed E-state index contributed by atoms with van der Waals surface area (Å²) in [6.45, 7) is 14.3. The third kappa shape index (κ3) is 8.20. The van der Waals surface area contributed by atoms with Crippen LogP contribution in [0.25, 0.3) is 0 Å². The monoisotopic (exact) mass is 534 g/mol. The Kier molecular flexibility index (Phi) is 11.0. The van der Waals surface area contributed by atoms with E-state index in [1.54, 1.807) is 11.3 Å². The van der Waals surface area contributed by atoms with E-state index in [2.05, 4.69) is 46.6 Å². The number of aliphatic imine (C=N–C) groups is 1. The van der Waals surface area contributed by atoms with Crippen LogP contribution in [0, 0.1) is 5.92 Å². The van der Waals surface area contributed by atoms with Crippen molar-refractivity contribution in [3.05, 3.63) is 11.1 Å². The second-order valence-electron chi connectivity index (χ2n) is 8.44. The molecule has 0 aliphatic carbocycles. The van der Waals surface area contributed by atoms with Gasteiger partial charge in [0, 0.05) is 63.7 Å². The Bertz CT molecular complexity index is 606. The largest absolute Gasteiger partial charge is 0.357 e.